The molecule has 0 saturated carbocycles. The Balaban J connectivity index is 1.57. The fraction of sp³-hybridized carbons (Fsp3) is 0.581. The van der Waals surface area contributed by atoms with Crippen LogP contribution in [-0.4, -0.2) is 105 Å². The molecular formula is C43H52F3N5O9. The Kier molecular flexibility index (Phi) is 12.6. The van der Waals surface area contributed by atoms with Crippen LogP contribution >= 0.6 is 0 Å². The lowest BCUT2D eigenvalue weighted by Crippen LogP contribution is -2.69. The Morgan fingerprint density at radius 2 is 1.58 bits per heavy atom. The molecule has 1 saturated heterocycles. The SMILES string of the molecule is CCCC(=O)Oc1c(C)c(C)cc2c1[C@@H]1C3Cc4c(O)c(C)c5c(c4[C@H](CN(C(=O)CCC)C(=O)[C@H](C)N(C(=O)CCC)C(=O)C(F)(F)F)N3[C@@H](C#N)[C@H](C2)N1C)OCO5. The predicted molar refractivity (Wildman–Crippen MR) is 209 cm³/mol. The van der Waals surface area contributed by atoms with E-state index in [-0.39, 0.29) is 61.0 Å². The number of phenolic OH excluding ortho intramolecular Hbond substituents is 1. The number of imide groups is 2. The van der Waals surface area contributed by atoms with Gasteiger partial charge in [-0.1, -0.05) is 26.8 Å². The van der Waals surface area contributed by atoms with Crippen LogP contribution in [0.3, 0.4) is 0 Å². The zero-order chi connectivity index (χ0) is 44.1. The highest BCUT2D eigenvalue weighted by Gasteiger charge is 2.58. The number of likely N-dealkylation sites (N-methyl/N-ethyl adjacent to an activating group) is 1. The summed E-state index contributed by atoms with van der Waals surface area (Å²) < 4.78 is 60.0. The van der Waals surface area contributed by atoms with Gasteiger partial charge in [0.15, 0.2) is 11.5 Å². The van der Waals surface area contributed by atoms with E-state index in [0.717, 1.165) is 34.1 Å². The normalized spacial score (nSPS) is 22.1. The van der Waals surface area contributed by atoms with Gasteiger partial charge in [-0.3, -0.25) is 43.6 Å². The van der Waals surface area contributed by atoms with Gasteiger partial charge in [0.05, 0.1) is 18.2 Å². The molecule has 17 heteroatoms. The van der Waals surface area contributed by atoms with E-state index in [1.165, 1.54) is 6.92 Å². The second kappa shape index (κ2) is 17.0. The first kappa shape index (κ1) is 44.3. The van der Waals surface area contributed by atoms with Gasteiger partial charge >= 0.3 is 18.1 Å². The van der Waals surface area contributed by atoms with Crippen molar-refractivity contribution < 1.29 is 56.5 Å². The van der Waals surface area contributed by atoms with Gasteiger partial charge in [0.25, 0.3) is 5.91 Å². The highest BCUT2D eigenvalue weighted by Crippen LogP contribution is 2.58. The summed E-state index contributed by atoms with van der Waals surface area (Å²) in [6.07, 6.45) is -4.66. The van der Waals surface area contributed by atoms with E-state index in [1.54, 1.807) is 13.8 Å². The van der Waals surface area contributed by atoms with Crippen molar-refractivity contribution in [2.24, 2.45) is 0 Å². The molecule has 0 aromatic heterocycles. The van der Waals surface area contributed by atoms with E-state index in [0.29, 0.717) is 35.3 Å². The minimum absolute atomic E-state index is 0.0826. The van der Waals surface area contributed by atoms with Crippen LogP contribution in [0.25, 0.3) is 0 Å². The minimum atomic E-state index is -5.51. The highest BCUT2D eigenvalue weighted by atomic mass is 19.4. The van der Waals surface area contributed by atoms with E-state index in [4.69, 9.17) is 14.2 Å². The van der Waals surface area contributed by atoms with Crippen LogP contribution in [0.15, 0.2) is 6.07 Å². The van der Waals surface area contributed by atoms with Crippen molar-refractivity contribution in [2.75, 3.05) is 20.4 Å². The number of carbonyl (C=O) groups is 5. The van der Waals surface area contributed by atoms with Crippen molar-refractivity contribution in [3.63, 3.8) is 0 Å². The summed E-state index contributed by atoms with van der Waals surface area (Å²) in [5, 5.41) is 23.1. The molecule has 4 heterocycles. The molecule has 2 aromatic carbocycles. The minimum Gasteiger partial charge on any atom is -0.507 e. The number of rotatable bonds is 11. The van der Waals surface area contributed by atoms with Gasteiger partial charge in [0, 0.05) is 60.1 Å². The molecule has 6 atom stereocenters. The molecular weight excluding hydrogens is 787 g/mol. The van der Waals surface area contributed by atoms with Gasteiger partial charge in [-0.15, -0.1) is 0 Å². The molecule has 60 heavy (non-hydrogen) atoms. The van der Waals surface area contributed by atoms with Crippen LogP contribution in [0, 0.1) is 32.1 Å². The van der Waals surface area contributed by atoms with E-state index in [1.807, 2.05) is 38.8 Å². The molecule has 1 N–H and O–H groups in total. The Morgan fingerprint density at radius 3 is 2.20 bits per heavy atom. The quantitative estimate of drug-likeness (QED) is 0.214. The summed E-state index contributed by atoms with van der Waals surface area (Å²) in [7, 11) is 1.88. The molecule has 14 nitrogen and oxygen atoms in total. The van der Waals surface area contributed by atoms with Crippen molar-refractivity contribution in [1.29, 1.82) is 5.26 Å². The van der Waals surface area contributed by atoms with Crippen molar-refractivity contribution in [1.82, 2.24) is 19.6 Å². The van der Waals surface area contributed by atoms with Gasteiger partial charge in [0.1, 0.15) is 23.6 Å². The average Bonchev–Trinajstić information content (AvgIpc) is 3.68. The standard InChI is InChI=1S/C43H52F3N5O9/c1-9-12-31(52)49(41(56)24(7)50(32(53)13-10-2)42(57)43(44,45)46)19-30-35-26(37(55)23(6)39-40(35)59-20-58-39)17-28-36-34-25(16-27(48(36)8)29(18-47)51(28)30)15-21(4)22(5)38(34)60-33(54)14-11-3/h15,24,27-30,36,55H,9-14,16-17,19-20H2,1-8H3/t24-,27-,28?,29-,30-,36-/m0/s1. The molecule has 1 unspecified atom stereocenters. The van der Waals surface area contributed by atoms with Crippen molar-refractivity contribution in [3.05, 3.63) is 45.0 Å². The number of piperazine rings is 1. The first-order chi connectivity index (χ1) is 28.3. The molecule has 324 valence electrons. The molecule has 4 aliphatic rings. The highest BCUT2D eigenvalue weighted by molar-refractivity contribution is 6.05. The number of alkyl halides is 3. The lowest BCUT2D eigenvalue weighted by atomic mass is 9.71. The molecule has 4 aliphatic heterocycles. The molecule has 4 amide bonds. The first-order valence-corrected chi connectivity index (χ1v) is 20.5. The van der Waals surface area contributed by atoms with E-state index in [9.17, 15) is 47.5 Å². The third kappa shape index (κ3) is 7.46. The first-order valence-electron chi connectivity index (χ1n) is 20.5. The van der Waals surface area contributed by atoms with Gasteiger partial charge in [-0.2, -0.15) is 18.4 Å². The number of ether oxygens (including phenoxy) is 3. The summed E-state index contributed by atoms with van der Waals surface area (Å²) in [4.78, 5) is 72.4. The molecule has 0 aliphatic carbocycles. The van der Waals surface area contributed by atoms with Gasteiger partial charge in [-0.25, -0.2) is 0 Å². The number of halogens is 3. The van der Waals surface area contributed by atoms with E-state index >= 15 is 0 Å². The third-order valence-corrected chi connectivity index (χ3v) is 12.4. The molecule has 0 spiro atoms. The number of benzene rings is 2. The number of aryl methyl sites for hydroxylation is 1. The number of aromatic hydroxyl groups is 1. The van der Waals surface area contributed by atoms with Crippen LogP contribution in [0.4, 0.5) is 13.2 Å². The van der Waals surface area contributed by atoms with Crippen molar-refractivity contribution >= 4 is 29.6 Å². The van der Waals surface area contributed by atoms with Crippen LogP contribution < -0.4 is 14.2 Å². The number of hydrogen-bond acceptors (Lipinski definition) is 12. The maximum Gasteiger partial charge on any atom is 0.471 e. The predicted octanol–water partition coefficient (Wildman–Crippen LogP) is 5.78. The number of nitriles is 1. The number of amides is 4. The van der Waals surface area contributed by atoms with Crippen LogP contribution in [-0.2, 0) is 36.8 Å². The summed E-state index contributed by atoms with van der Waals surface area (Å²) in [5.41, 5.74) is 4.35. The summed E-state index contributed by atoms with van der Waals surface area (Å²) in [6.45, 7) is 10.7. The Hall–Kier alpha value is -5.21. The molecule has 2 bridgehead atoms. The Bertz CT molecular complexity index is 2150. The number of phenols is 1. The molecule has 2 aromatic rings. The number of nitrogens with zero attached hydrogens (tertiary/aromatic N) is 5. The summed E-state index contributed by atoms with van der Waals surface area (Å²) >= 11 is 0. The van der Waals surface area contributed by atoms with E-state index < -0.39 is 85.0 Å². The van der Waals surface area contributed by atoms with E-state index in [2.05, 4.69) is 11.0 Å². The fourth-order valence-corrected chi connectivity index (χ4v) is 9.51. The van der Waals surface area contributed by atoms with Crippen molar-refractivity contribution in [2.45, 2.75) is 142 Å². The Labute approximate surface area is 347 Å². The fourth-order valence-electron chi connectivity index (χ4n) is 9.51. The van der Waals surface area contributed by atoms with Crippen LogP contribution in [0.5, 0.6) is 23.0 Å². The topological polar surface area (TPSA) is 170 Å². The summed E-state index contributed by atoms with van der Waals surface area (Å²) in [5.74, 6) is -5.48. The number of fused-ring (bicyclic) bond motifs is 9. The number of carbonyl (C=O) groups excluding carboxylic acids is 5. The Morgan fingerprint density at radius 1 is 0.950 bits per heavy atom. The van der Waals surface area contributed by atoms with Gasteiger partial charge in [0.2, 0.25) is 18.6 Å². The number of esters is 1. The molecule has 6 rings (SSSR count). The zero-order valence-corrected chi connectivity index (χ0v) is 35.2. The smallest absolute Gasteiger partial charge is 0.471 e. The van der Waals surface area contributed by atoms with Crippen molar-refractivity contribution in [3.8, 4) is 29.1 Å². The second-order valence-electron chi connectivity index (χ2n) is 16.2. The van der Waals surface area contributed by atoms with Gasteiger partial charge in [-0.05, 0) is 83.5 Å². The van der Waals surface area contributed by atoms with Gasteiger partial charge < -0.3 is 19.3 Å². The zero-order valence-electron chi connectivity index (χ0n) is 35.2. The second-order valence-corrected chi connectivity index (χ2v) is 16.2. The lowest BCUT2D eigenvalue weighted by Gasteiger charge is -2.60. The maximum absolute atomic E-state index is 14.6. The monoisotopic (exact) mass is 839 g/mol. The molecule has 0 radical (unpaired) electrons. The maximum atomic E-state index is 14.6. The largest absolute Gasteiger partial charge is 0.507 e. The average molecular weight is 840 g/mol. The summed E-state index contributed by atoms with van der Waals surface area (Å²) in [6, 6.07) is -1.34. The third-order valence-electron chi connectivity index (χ3n) is 12.4. The molecule has 1 fully saturated rings. The van der Waals surface area contributed by atoms with Crippen LogP contribution in [0.2, 0.25) is 0 Å². The lowest BCUT2D eigenvalue weighted by molar-refractivity contribution is -0.191. The van der Waals surface area contributed by atoms with Crippen LogP contribution in [0.1, 0.15) is 117 Å². The number of hydrogen-bond donors (Lipinski definition) is 1.